The van der Waals surface area contributed by atoms with Crippen LogP contribution in [-0.4, -0.2) is 30.2 Å². The number of fused-ring (bicyclic) bond motifs is 1. The number of methoxy groups -OCH3 is 1. The van der Waals surface area contributed by atoms with Crippen LogP contribution in [0.3, 0.4) is 0 Å². The van der Waals surface area contributed by atoms with E-state index in [9.17, 15) is 4.79 Å². The van der Waals surface area contributed by atoms with Gasteiger partial charge in [-0.3, -0.25) is 4.79 Å². The summed E-state index contributed by atoms with van der Waals surface area (Å²) in [5.74, 6) is 1.61. The standard InChI is InChI=1S/C25H30N2O3/c1-3-30-24-14-8-13-22-21(24)16-23(25(28)26-19-10-5-4-6-11-19)27(22)17-18-9-7-12-20(15-18)29-2/h7-9,12-16,19H,3-6,10-11,17H2,1-2H3,(H,26,28). The molecule has 0 saturated heterocycles. The van der Waals surface area contributed by atoms with Gasteiger partial charge in [-0.1, -0.05) is 37.5 Å². The minimum Gasteiger partial charge on any atom is -0.497 e. The summed E-state index contributed by atoms with van der Waals surface area (Å²) in [5.41, 5.74) is 2.75. The van der Waals surface area contributed by atoms with Crippen molar-refractivity contribution in [2.24, 2.45) is 0 Å². The molecule has 2 aromatic carbocycles. The second-order valence-corrected chi connectivity index (χ2v) is 7.90. The Morgan fingerprint density at radius 1 is 1.10 bits per heavy atom. The number of benzene rings is 2. The van der Waals surface area contributed by atoms with Gasteiger partial charge >= 0.3 is 0 Å². The Morgan fingerprint density at radius 3 is 2.67 bits per heavy atom. The molecule has 0 aliphatic heterocycles. The van der Waals surface area contributed by atoms with Gasteiger partial charge in [-0.05, 0) is 55.7 Å². The Hall–Kier alpha value is -2.95. The fourth-order valence-electron chi connectivity index (χ4n) is 4.36. The molecule has 5 nitrogen and oxygen atoms in total. The first-order chi connectivity index (χ1) is 14.7. The van der Waals surface area contributed by atoms with E-state index in [-0.39, 0.29) is 11.9 Å². The third-order valence-electron chi connectivity index (χ3n) is 5.85. The van der Waals surface area contributed by atoms with Gasteiger partial charge in [0.1, 0.15) is 17.2 Å². The minimum absolute atomic E-state index is 0.0107. The Kier molecular flexibility index (Phi) is 6.26. The number of aromatic nitrogens is 1. The quantitative estimate of drug-likeness (QED) is 0.590. The van der Waals surface area contributed by atoms with Crippen LogP contribution >= 0.6 is 0 Å². The smallest absolute Gasteiger partial charge is 0.268 e. The summed E-state index contributed by atoms with van der Waals surface area (Å²) in [6, 6.07) is 16.2. The molecule has 4 rings (SSSR count). The average molecular weight is 407 g/mol. The zero-order valence-electron chi connectivity index (χ0n) is 17.8. The Labute approximate surface area is 178 Å². The van der Waals surface area contributed by atoms with Crippen molar-refractivity contribution >= 4 is 16.8 Å². The van der Waals surface area contributed by atoms with E-state index in [4.69, 9.17) is 9.47 Å². The predicted octanol–water partition coefficient (Wildman–Crippen LogP) is 5.16. The van der Waals surface area contributed by atoms with E-state index in [0.717, 1.165) is 40.8 Å². The van der Waals surface area contributed by atoms with Crippen molar-refractivity contribution < 1.29 is 14.3 Å². The lowest BCUT2D eigenvalue weighted by Gasteiger charge is -2.23. The highest BCUT2D eigenvalue weighted by Gasteiger charge is 2.22. The number of rotatable bonds is 7. The Morgan fingerprint density at radius 2 is 1.90 bits per heavy atom. The fraction of sp³-hybridized carbons (Fsp3) is 0.400. The number of amides is 1. The zero-order valence-corrected chi connectivity index (χ0v) is 17.8. The molecule has 1 amide bonds. The van der Waals surface area contributed by atoms with Crippen molar-refractivity contribution in [3.05, 3.63) is 59.8 Å². The number of hydrogen-bond donors (Lipinski definition) is 1. The summed E-state index contributed by atoms with van der Waals surface area (Å²) in [5, 5.41) is 4.24. The Bertz CT molecular complexity index is 1020. The van der Waals surface area contributed by atoms with Crippen LogP contribution in [0.4, 0.5) is 0 Å². The van der Waals surface area contributed by atoms with Crippen LogP contribution in [0, 0.1) is 0 Å². The number of carbonyl (C=O) groups excluding carboxylic acids is 1. The van der Waals surface area contributed by atoms with Gasteiger partial charge in [0.2, 0.25) is 0 Å². The number of nitrogens with one attached hydrogen (secondary N) is 1. The molecule has 1 aliphatic carbocycles. The van der Waals surface area contributed by atoms with Crippen LogP contribution in [0.5, 0.6) is 11.5 Å². The lowest BCUT2D eigenvalue weighted by atomic mass is 9.95. The van der Waals surface area contributed by atoms with Gasteiger partial charge in [0, 0.05) is 18.0 Å². The summed E-state index contributed by atoms with van der Waals surface area (Å²) in [6.45, 7) is 3.15. The van der Waals surface area contributed by atoms with Crippen LogP contribution in [0.25, 0.3) is 10.9 Å². The molecule has 1 saturated carbocycles. The molecule has 1 heterocycles. The molecule has 0 radical (unpaired) electrons. The van der Waals surface area contributed by atoms with Crippen molar-refractivity contribution in [1.82, 2.24) is 9.88 Å². The van der Waals surface area contributed by atoms with Crippen molar-refractivity contribution in [3.63, 3.8) is 0 Å². The van der Waals surface area contributed by atoms with Crippen LogP contribution in [-0.2, 0) is 6.54 Å². The first kappa shape index (κ1) is 20.3. The number of carbonyl (C=O) groups is 1. The maximum Gasteiger partial charge on any atom is 0.268 e. The topological polar surface area (TPSA) is 52.5 Å². The zero-order chi connectivity index (χ0) is 20.9. The van der Waals surface area contributed by atoms with Gasteiger partial charge in [-0.25, -0.2) is 0 Å². The average Bonchev–Trinajstić information content (AvgIpc) is 3.14. The van der Waals surface area contributed by atoms with E-state index in [1.165, 1.54) is 19.3 Å². The van der Waals surface area contributed by atoms with Crippen molar-refractivity contribution in [2.75, 3.05) is 13.7 Å². The molecule has 30 heavy (non-hydrogen) atoms. The minimum atomic E-state index is -0.0107. The van der Waals surface area contributed by atoms with Crippen LogP contribution in [0.2, 0.25) is 0 Å². The van der Waals surface area contributed by atoms with Gasteiger partial charge < -0.3 is 19.4 Å². The second kappa shape index (κ2) is 9.24. The van der Waals surface area contributed by atoms with Crippen LogP contribution < -0.4 is 14.8 Å². The summed E-state index contributed by atoms with van der Waals surface area (Å²) < 4.78 is 13.3. The van der Waals surface area contributed by atoms with Crippen molar-refractivity contribution in [2.45, 2.75) is 51.6 Å². The largest absolute Gasteiger partial charge is 0.497 e. The lowest BCUT2D eigenvalue weighted by molar-refractivity contribution is 0.0919. The number of nitrogens with zero attached hydrogens (tertiary/aromatic N) is 1. The molecule has 0 spiro atoms. The van der Waals surface area contributed by atoms with E-state index in [1.54, 1.807) is 7.11 Å². The molecule has 1 fully saturated rings. The number of hydrogen-bond acceptors (Lipinski definition) is 3. The van der Waals surface area contributed by atoms with Crippen molar-refractivity contribution in [3.8, 4) is 11.5 Å². The van der Waals surface area contributed by atoms with Gasteiger partial charge in [-0.2, -0.15) is 0 Å². The highest BCUT2D eigenvalue weighted by molar-refractivity contribution is 6.00. The molecule has 158 valence electrons. The lowest BCUT2D eigenvalue weighted by Crippen LogP contribution is -2.37. The van der Waals surface area contributed by atoms with Gasteiger partial charge in [0.25, 0.3) is 5.91 Å². The molecular weight excluding hydrogens is 376 g/mol. The maximum absolute atomic E-state index is 13.3. The molecule has 1 aliphatic rings. The molecule has 3 aromatic rings. The van der Waals surface area contributed by atoms with Gasteiger partial charge in [-0.15, -0.1) is 0 Å². The molecule has 5 heteroatoms. The highest BCUT2D eigenvalue weighted by Crippen LogP contribution is 2.30. The van der Waals surface area contributed by atoms with Crippen LogP contribution in [0.1, 0.15) is 55.1 Å². The molecule has 0 bridgehead atoms. The first-order valence-electron chi connectivity index (χ1n) is 10.9. The highest BCUT2D eigenvalue weighted by atomic mass is 16.5. The molecule has 0 unspecified atom stereocenters. The van der Waals surface area contributed by atoms with E-state index in [1.807, 2.05) is 43.3 Å². The Balaban J connectivity index is 1.73. The van der Waals surface area contributed by atoms with E-state index in [2.05, 4.69) is 22.0 Å². The third-order valence-corrected chi connectivity index (χ3v) is 5.85. The fourth-order valence-corrected chi connectivity index (χ4v) is 4.36. The third kappa shape index (κ3) is 4.30. The van der Waals surface area contributed by atoms with Gasteiger partial charge in [0.05, 0.1) is 19.2 Å². The predicted molar refractivity (Wildman–Crippen MR) is 120 cm³/mol. The van der Waals surface area contributed by atoms with E-state index in [0.29, 0.717) is 18.8 Å². The van der Waals surface area contributed by atoms with Crippen molar-refractivity contribution in [1.29, 1.82) is 0 Å². The summed E-state index contributed by atoms with van der Waals surface area (Å²) in [4.78, 5) is 13.3. The summed E-state index contributed by atoms with van der Waals surface area (Å²) >= 11 is 0. The second-order valence-electron chi connectivity index (χ2n) is 7.90. The molecule has 1 aromatic heterocycles. The SMILES string of the molecule is CCOc1cccc2c1cc(C(=O)NC1CCCCC1)n2Cc1cccc(OC)c1. The maximum atomic E-state index is 13.3. The monoisotopic (exact) mass is 406 g/mol. The molecular formula is C25H30N2O3. The van der Waals surface area contributed by atoms with Gasteiger partial charge in [0.15, 0.2) is 0 Å². The van der Waals surface area contributed by atoms with E-state index >= 15 is 0 Å². The number of ether oxygens (including phenoxy) is 2. The summed E-state index contributed by atoms with van der Waals surface area (Å²) in [6.07, 6.45) is 5.76. The normalized spacial score (nSPS) is 14.6. The summed E-state index contributed by atoms with van der Waals surface area (Å²) in [7, 11) is 1.67. The molecule has 0 atom stereocenters. The molecule has 1 N–H and O–H groups in total. The van der Waals surface area contributed by atoms with Crippen LogP contribution in [0.15, 0.2) is 48.5 Å². The first-order valence-corrected chi connectivity index (χ1v) is 10.9. The van der Waals surface area contributed by atoms with E-state index < -0.39 is 0 Å².